The van der Waals surface area contributed by atoms with Crippen LogP contribution in [0.15, 0.2) is 5.38 Å². The Labute approximate surface area is 122 Å². The Balaban J connectivity index is 1.83. The van der Waals surface area contributed by atoms with Gasteiger partial charge in [-0.25, -0.2) is 4.98 Å². The Bertz CT molecular complexity index is 386. The molecule has 0 unspecified atom stereocenters. The van der Waals surface area contributed by atoms with Crippen LogP contribution in [0.3, 0.4) is 0 Å². The fraction of sp³-hybridized carbons (Fsp3) is 0.812. The maximum atomic E-state index is 4.75. The minimum absolute atomic E-state index is 0.178. The van der Waals surface area contributed by atoms with Crippen LogP contribution < -0.4 is 5.32 Å². The predicted molar refractivity (Wildman–Crippen MR) is 83.7 cm³/mol. The van der Waals surface area contributed by atoms with Crippen molar-refractivity contribution in [3.05, 3.63) is 16.1 Å². The van der Waals surface area contributed by atoms with Gasteiger partial charge >= 0.3 is 0 Å². The molecule has 1 aromatic rings. The first-order valence-corrected chi connectivity index (χ1v) is 8.53. The summed E-state index contributed by atoms with van der Waals surface area (Å²) in [5.41, 5.74) is 1.38. The molecule has 3 heteroatoms. The van der Waals surface area contributed by atoms with Crippen LogP contribution in [-0.2, 0) is 12.0 Å². The second kappa shape index (κ2) is 6.36. The van der Waals surface area contributed by atoms with E-state index in [2.05, 4.69) is 38.4 Å². The maximum absolute atomic E-state index is 4.75. The fourth-order valence-electron chi connectivity index (χ4n) is 2.80. The highest BCUT2D eigenvalue weighted by molar-refractivity contribution is 7.09. The molecule has 1 aliphatic carbocycles. The third-order valence-electron chi connectivity index (χ3n) is 4.16. The molecule has 2 rings (SSSR count). The topological polar surface area (TPSA) is 24.9 Å². The Kier molecular flexibility index (Phi) is 5.02. The normalized spacial score (nSPS) is 19.6. The Morgan fingerprint density at radius 2 is 2.00 bits per heavy atom. The number of hydrogen-bond acceptors (Lipinski definition) is 3. The molecule has 1 fully saturated rings. The van der Waals surface area contributed by atoms with E-state index in [1.54, 1.807) is 11.3 Å². The largest absolute Gasteiger partial charge is 0.308 e. The van der Waals surface area contributed by atoms with E-state index in [1.807, 2.05) is 0 Å². The van der Waals surface area contributed by atoms with Crippen molar-refractivity contribution < 1.29 is 0 Å². The zero-order valence-corrected chi connectivity index (χ0v) is 13.6. The van der Waals surface area contributed by atoms with Crippen LogP contribution in [-0.4, -0.2) is 11.0 Å². The summed E-state index contributed by atoms with van der Waals surface area (Å²) in [5.74, 6) is 0.870. The summed E-state index contributed by atoms with van der Waals surface area (Å²) in [6, 6.07) is 0.625. The zero-order valence-electron chi connectivity index (χ0n) is 12.8. The molecule has 1 aliphatic rings. The van der Waals surface area contributed by atoms with Crippen LogP contribution in [0.1, 0.15) is 70.5 Å². The minimum atomic E-state index is 0.178. The Hall–Kier alpha value is -0.410. The van der Waals surface area contributed by atoms with E-state index in [4.69, 9.17) is 4.98 Å². The highest BCUT2D eigenvalue weighted by Crippen LogP contribution is 2.27. The van der Waals surface area contributed by atoms with Gasteiger partial charge in [0.1, 0.15) is 0 Å². The van der Waals surface area contributed by atoms with E-state index in [9.17, 15) is 0 Å². The second-order valence-corrected chi connectivity index (χ2v) is 7.82. The number of aromatic nitrogens is 1. The number of hydrogen-bond donors (Lipinski definition) is 1. The molecular formula is C16H28N2S. The van der Waals surface area contributed by atoms with Gasteiger partial charge in [0.15, 0.2) is 0 Å². The van der Waals surface area contributed by atoms with E-state index >= 15 is 0 Å². The molecule has 0 aromatic carbocycles. The molecular weight excluding hydrogens is 252 g/mol. The summed E-state index contributed by atoms with van der Waals surface area (Å²) >= 11 is 1.79. The first-order chi connectivity index (χ1) is 8.97. The number of nitrogens with one attached hydrogen (secondary N) is 1. The lowest BCUT2D eigenvalue weighted by Crippen LogP contribution is -2.34. The molecule has 1 atom stereocenters. The van der Waals surface area contributed by atoms with Gasteiger partial charge in [0.05, 0.1) is 10.7 Å². The van der Waals surface area contributed by atoms with Crippen molar-refractivity contribution in [1.29, 1.82) is 0 Å². The number of thiazole rings is 1. The van der Waals surface area contributed by atoms with Crippen molar-refractivity contribution in [3.63, 3.8) is 0 Å². The molecule has 1 saturated carbocycles. The summed E-state index contributed by atoms with van der Waals surface area (Å²) in [4.78, 5) is 4.75. The SMILES string of the molecule is C[C@@H](NCc1csc(C(C)(C)C)n1)C1CCCCC1. The number of rotatable bonds is 4. The summed E-state index contributed by atoms with van der Waals surface area (Å²) in [6.07, 6.45) is 7.07. The van der Waals surface area contributed by atoms with Gasteiger partial charge in [0.2, 0.25) is 0 Å². The quantitative estimate of drug-likeness (QED) is 0.878. The van der Waals surface area contributed by atoms with Crippen molar-refractivity contribution in [2.75, 3.05) is 0 Å². The van der Waals surface area contributed by atoms with E-state index in [-0.39, 0.29) is 5.41 Å². The third-order valence-corrected chi connectivity index (χ3v) is 5.47. The predicted octanol–water partition coefficient (Wildman–Crippen LogP) is 4.50. The average molecular weight is 280 g/mol. The van der Waals surface area contributed by atoms with Gasteiger partial charge < -0.3 is 5.32 Å². The lowest BCUT2D eigenvalue weighted by atomic mass is 9.84. The molecule has 0 bridgehead atoms. The molecule has 19 heavy (non-hydrogen) atoms. The average Bonchev–Trinajstić information content (AvgIpc) is 2.86. The van der Waals surface area contributed by atoms with Gasteiger partial charge in [-0.15, -0.1) is 11.3 Å². The van der Waals surface area contributed by atoms with Crippen LogP contribution in [0.2, 0.25) is 0 Å². The van der Waals surface area contributed by atoms with Crippen LogP contribution in [0, 0.1) is 5.92 Å². The second-order valence-electron chi connectivity index (χ2n) is 6.96. The summed E-state index contributed by atoms with van der Waals surface area (Å²) in [6.45, 7) is 9.95. The van der Waals surface area contributed by atoms with Gasteiger partial charge in [0.25, 0.3) is 0 Å². The van der Waals surface area contributed by atoms with Gasteiger partial charge in [-0.05, 0) is 25.7 Å². The van der Waals surface area contributed by atoms with E-state index in [0.29, 0.717) is 6.04 Å². The van der Waals surface area contributed by atoms with Crippen LogP contribution in [0.25, 0.3) is 0 Å². The number of nitrogens with zero attached hydrogens (tertiary/aromatic N) is 1. The van der Waals surface area contributed by atoms with Crippen molar-refractivity contribution >= 4 is 11.3 Å². The minimum Gasteiger partial charge on any atom is -0.308 e. The Morgan fingerprint density at radius 1 is 1.32 bits per heavy atom. The summed E-state index contributed by atoms with van der Waals surface area (Å²) in [5, 5.41) is 7.13. The molecule has 2 nitrogen and oxygen atoms in total. The van der Waals surface area contributed by atoms with Gasteiger partial charge in [-0.3, -0.25) is 0 Å². The van der Waals surface area contributed by atoms with Crippen molar-refractivity contribution in [2.24, 2.45) is 5.92 Å². The molecule has 0 amide bonds. The van der Waals surface area contributed by atoms with Crippen molar-refractivity contribution in [2.45, 2.75) is 77.8 Å². The monoisotopic (exact) mass is 280 g/mol. The first-order valence-electron chi connectivity index (χ1n) is 7.65. The standard InChI is InChI=1S/C16H28N2S/c1-12(13-8-6-5-7-9-13)17-10-14-11-19-15(18-14)16(2,3)4/h11-13,17H,5-10H2,1-4H3/t12-/m1/s1. The Morgan fingerprint density at radius 3 is 2.58 bits per heavy atom. The van der Waals surface area contributed by atoms with Gasteiger partial charge in [-0.2, -0.15) is 0 Å². The molecule has 108 valence electrons. The van der Waals surface area contributed by atoms with Crippen molar-refractivity contribution in [1.82, 2.24) is 10.3 Å². The highest BCUT2D eigenvalue weighted by Gasteiger charge is 2.21. The van der Waals surface area contributed by atoms with Crippen LogP contribution >= 0.6 is 11.3 Å². The fourth-order valence-corrected chi connectivity index (χ4v) is 3.71. The van der Waals surface area contributed by atoms with E-state index in [1.165, 1.54) is 42.8 Å². The first kappa shape index (κ1) is 15.0. The molecule has 0 radical (unpaired) electrons. The summed E-state index contributed by atoms with van der Waals surface area (Å²) in [7, 11) is 0. The zero-order chi connectivity index (χ0) is 13.9. The summed E-state index contributed by atoms with van der Waals surface area (Å²) < 4.78 is 0. The smallest absolute Gasteiger partial charge is 0.0982 e. The third kappa shape index (κ3) is 4.28. The van der Waals surface area contributed by atoms with Gasteiger partial charge in [0, 0.05) is 23.4 Å². The lowest BCUT2D eigenvalue weighted by molar-refractivity contribution is 0.280. The van der Waals surface area contributed by atoms with E-state index in [0.717, 1.165) is 12.5 Å². The molecule has 0 spiro atoms. The van der Waals surface area contributed by atoms with Crippen molar-refractivity contribution in [3.8, 4) is 0 Å². The molecule has 1 heterocycles. The molecule has 0 aliphatic heterocycles. The van der Waals surface area contributed by atoms with Crippen LogP contribution in [0.4, 0.5) is 0 Å². The maximum Gasteiger partial charge on any atom is 0.0982 e. The van der Waals surface area contributed by atoms with E-state index < -0.39 is 0 Å². The molecule has 0 saturated heterocycles. The highest BCUT2D eigenvalue weighted by atomic mass is 32.1. The molecule has 1 N–H and O–H groups in total. The van der Waals surface area contributed by atoms with Gasteiger partial charge in [-0.1, -0.05) is 40.0 Å². The van der Waals surface area contributed by atoms with Crippen LogP contribution in [0.5, 0.6) is 0 Å². The molecule has 1 aromatic heterocycles. The lowest BCUT2D eigenvalue weighted by Gasteiger charge is -2.28.